The average molecular weight is 337 g/mol. The molecule has 1 aromatic rings. The van der Waals surface area contributed by atoms with Gasteiger partial charge in [-0.05, 0) is 61.3 Å². The Hall–Kier alpha value is -2.43. The number of benzene rings is 1. The van der Waals surface area contributed by atoms with Crippen molar-refractivity contribution in [1.29, 1.82) is 0 Å². The second-order valence-electron chi connectivity index (χ2n) is 7.43. The van der Waals surface area contributed by atoms with Crippen molar-refractivity contribution in [1.82, 2.24) is 0 Å². The van der Waals surface area contributed by atoms with E-state index in [1.165, 1.54) is 4.90 Å². The zero-order chi connectivity index (χ0) is 17.3. The highest BCUT2D eigenvalue weighted by atomic mass is 16.5. The van der Waals surface area contributed by atoms with Crippen molar-refractivity contribution in [2.45, 2.75) is 13.3 Å². The molecule has 0 unspecified atom stereocenters. The number of ether oxygens (including phenoxy) is 1. The van der Waals surface area contributed by atoms with E-state index in [0.29, 0.717) is 29.7 Å². The summed E-state index contributed by atoms with van der Waals surface area (Å²) in [5, 5.41) is 0. The van der Waals surface area contributed by atoms with Gasteiger partial charge in [0.25, 0.3) is 0 Å². The van der Waals surface area contributed by atoms with Crippen LogP contribution < -0.4 is 4.90 Å². The summed E-state index contributed by atoms with van der Waals surface area (Å²) in [5.74, 6) is 0.682. The van der Waals surface area contributed by atoms with Crippen molar-refractivity contribution in [3.05, 3.63) is 42.0 Å². The third-order valence-electron chi connectivity index (χ3n) is 6.30. The zero-order valence-corrected chi connectivity index (χ0v) is 13.9. The molecule has 6 rings (SSSR count). The maximum Gasteiger partial charge on any atom is 0.338 e. The number of allylic oxidation sites excluding steroid dienone is 2. The minimum atomic E-state index is -0.399. The summed E-state index contributed by atoms with van der Waals surface area (Å²) in [6.45, 7) is 2.06. The number of hydrogen-bond acceptors (Lipinski definition) is 4. The summed E-state index contributed by atoms with van der Waals surface area (Å²) < 4.78 is 4.97. The van der Waals surface area contributed by atoms with Crippen LogP contribution in [0.15, 0.2) is 36.4 Å². The van der Waals surface area contributed by atoms with Crippen LogP contribution >= 0.6 is 0 Å². The molecule has 0 radical (unpaired) electrons. The Morgan fingerprint density at radius 2 is 1.60 bits per heavy atom. The fourth-order valence-electron chi connectivity index (χ4n) is 5.17. The molecule has 6 atom stereocenters. The van der Waals surface area contributed by atoms with E-state index in [1.807, 2.05) is 0 Å². The number of anilines is 1. The quantitative estimate of drug-likeness (QED) is 0.483. The fraction of sp³-hybridized carbons (Fsp3) is 0.450. The normalized spacial score (nSPS) is 37.1. The van der Waals surface area contributed by atoms with Gasteiger partial charge in [0.2, 0.25) is 11.8 Å². The first-order valence-electron chi connectivity index (χ1n) is 8.95. The van der Waals surface area contributed by atoms with Gasteiger partial charge in [-0.2, -0.15) is 0 Å². The van der Waals surface area contributed by atoms with Crippen LogP contribution in [-0.4, -0.2) is 24.4 Å². The lowest BCUT2D eigenvalue weighted by molar-refractivity contribution is -0.124. The Balaban J connectivity index is 1.45. The summed E-state index contributed by atoms with van der Waals surface area (Å²) in [7, 11) is 0. The van der Waals surface area contributed by atoms with E-state index < -0.39 is 5.97 Å². The lowest BCUT2D eigenvalue weighted by Crippen LogP contribution is -2.40. The van der Waals surface area contributed by atoms with Crippen LogP contribution in [0.5, 0.6) is 0 Å². The molecule has 5 heteroatoms. The van der Waals surface area contributed by atoms with E-state index in [9.17, 15) is 14.4 Å². The van der Waals surface area contributed by atoms with Crippen LogP contribution in [0, 0.1) is 35.5 Å². The topological polar surface area (TPSA) is 63.7 Å². The maximum atomic E-state index is 13.0. The van der Waals surface area contributed by atoms with E-state index in [4.69, 9.17) is 4.74 Å². The number of rotatable bonds is 3. The van der Waals surface area contributed by atoms with Gasteiger partial charge in [-0.25, -0.2) is 4.79 Å². The number of nitrogens with zero attached hydrogens (tertiary/aromatic N) is 1. The second kappa shape index (κ2) is 5.04. The largest absolute Gasteiger partial charge is 0.462 e. The molecule has 0 spiro atoms. The molecule has 1 saturated heterocycles. The van der Waals surface area contributed by atoms with Gasteiger partial charge in [0.1, 0.15) is 0 Å². The standard InChI is InChI=1S/C20H19NO4/c1-2-25-20(24)10-3-5-11(6-4-10)21-18(22)16-12-7-8-13(15-9-14(12)15)17(16)19(21)23/h3-8,12-17H,2,9H2,1H3/t12-,13+,14-,15-,16+,17-/m0/s1. The van der Waals surface area contributed by atoms with E-state index >= 15 is 0 Å². The summed E-state index contributed by atoms with van der Waals surface area (Å²) in [4.78, 5) is 39.1. The van der Waals surface area contributed by atoms with Gasteiger partial charge in [-0.1, -0.05) is 12.2 Å². The number of carbonyl (C=O) groups is 3. The lowest BCUT2D eigenvalue weighted by atomic mass is 9.63. The Kier molecular flexibility index (Phi) is 3.00. The molecule has 5 aliphatic rings. The van der Waals surface area contributed by atoms with Crippen molar-refractivity contribution in [2.24, 2.45) is 35.5 Å². The molecule has 0 N–H and O–H groups in total. The molecule has 5 nitrogen and oxygen atoms in total. The highest BCUT2D eigenvalue weighted by molar-refractivity contribution is 6.22. The summed E-state index contributed by atoms with van der Waals surface area (Å²) >= 11 is 0. The van der Waals surface area contributed by atoms with Crippen molar-refractivity contribution in [2.75, 3.05) is 11.5 Å². The van der Waals surface area contributed by atoms with E-state index in [1.54, 1.807) is 31.2 Å². The van der Waals surface area contributed by atoms with Crippen LogP contribution in [0.4, 0.5) is 5.69 Å². The van der Waals surface area contributed by atoms with Gasteiger partial charge in [-0.3, -0.25) is 14.5 Å². The van der Waals surface area contributed by atoms with Gasteiger partial charge in [0.05, 0.1) is 29.7 Å². The number of carbonyl (C=O) groups excluding carboxylic acids is 3. The van der Waals surface area contributed by atoms with E-state index in [2.05, 4.69) is 12.2 Å². The molecule has 25 heavy (non-hydrogen) atoms. The predicted octanol–water partition coefficient (Wildman–Crippen LogP) is 2.42. The van der Waals surface area contributed by atoms with Crippen molar-refractivity contribution < 1.29 is 19.1 Å². The monoisotopic (exact) mass is 337 g/mol. The third-order valence-corrected chi connectivity index (χ3v) is 6.30. The first kappa shape index (κ1) is 14.9. The Morgan fingerprint density at radius 3 is 2.12 bits per heavy atom. The third kappa shape index (κ3) is 1.92. The second-order valence-corrected chi connectivity index (χ2v) is 7.43. The minimum absolute atomic E-state index is 0.0800. The van der Waals surface area contributed by atoms with Gasteiger partial charge >= 0.3 is 5.97 Å². The SMILES string of the molecule is CCOC(=O)c1ccc(N2C(=O)[C@@H]3[C@H]4C=C[C@H]([C@@H]5C[C@@H]45)[C@@H]3C2=O)cc1. The molecule has 4 aliphatic carbocycles. The predicted molar refractivity (Wildman–Crippen MR) is 89.6 cm³/mol. The first-order chi connectivity index (χ1) is 12.1. The molecule has 3 fully saturated rings. The van der Waals surface area contributed by atoms with Crippen molar-refractivity contribution in [3.8, 4) is 0 Å². The lowest BCUT2D eigenvalue weighted by Gasteiger charge is -2.37. The van der Waals surface area contributed by atoms with E-state index in [0.717, 1.165) is 6.42 Å². The van der Waals surface area contributed by atoms with Gasteiger partial charge < -0.3 is 4.74 Å². The molecular weight excluding hydrogens is 318 g/mol. The molecule has 0 aromatic heterocycles. The van der Waals surface area contributed by atoms with Gasteiger partial charge in [-0.15, -0.1) is 0 Å². The summed E-state index contributed by atoms with van der Waals surface area (Å²) in [6.07, 6.45) is 5.49. The van der Waals surface area contributed by atoms with Gasteiger partial charge in [0.15, 0.2) is 0 Å². The first-order valence-corrected chi connectivity index (χ1v) is 8.95. The van der Waals surface area contributed by atoms with Crippen LogP contribution in [-0.2, 0) is 14.3 Å². The fourth-order valence-corrected chi connectivity index (χ4v) is 5.17. The number of hydrogen-bond donors (Lipinski definition) is 0. The van der Waals surface area contributed by atoms with Crippen molar-refractivity contribution >= 4 is 23.5 Å². The maximum absolute atomic E-state index is 13.0. The van der Waals surface area contributed by atoms with Crippen LogP contribution in [0.1, 0.15) is 23.7 Å². The van der Waals surface area contributed by atoms with E-state index in [-0.39, 0.29) is 35.5 Å². The molecule has 1 aliphatic heterocycles. The number of esters is 1. The van der Waals surface area contributed by atoms with Crippen molar-refractivity contribution in [3.63, 3.8) is 0 Å². The average Bonchev–Trinajstić information content (AvgIpc) is 3.40. The molecule has 1 heterocycles. The molecule has 128 valence electrons. The zero-order valence-electron chi connectivity index (χ0n) is 13.9. The molecule has 2 amide bonds. The Morgan fingerprint density at radius 1 is 1.04 bits per heavy atom. The minimum Gasteiger partial charge on any atom is -0.462 e. The molecule has 1 aromatic carbocycles. The van der Waals surface area contributed by atoms with Gasteiger partial charge in [0, 0.05) is 0 Å². The number of imide groups is 1. The highest BCUT2D eigenvalue weighted by Gasteiger charge is 2.67. The number of amides is 2. The Bertz CT molecular complexity index is 775. The summed E-state index contributed by atoms with van der Waals surface area (Å²) in [6, 6.07) is 6.55. The highest BCUT2D eigenvalue weighted by Crippen LogP contribution is 2.65. The van der Waals surface area contributed by atoms with Crippen LogP contribution in [0.3, 0.4) is 0 Å². The smallest absolute Gasteiger partial charge is 0.338 e. The Labute approximate surface area is 145 Å². The molecule has 2 saturated carbocycles. The van der Waals surface area contributed by atoms with Crippen LogP contribution in [0.25, 0.3) is 0 Å². The van der Waals surface area contributed by atoms with Crippen LogP contribution in [0.2, 0.25) is 0 Å². The molecular formula is C20H19NO4. The molecule has 2 bridgehead atoms. The summed E-state index contributed by atoms with van der Waals surface area (Å²) in [5.41, 5.74) is 0.968.